The van der Waals surface area contributed by atoms with E-state index >= 15 is 0 Å². The van der Waals surface area contributed by atoms with E-state index in [4.69, 9.17) is 18.9 Å². The van der Waals surface area contributed by atoms with Gasteiger partial charge in [-0.1, -0.05) is 334 Å². The maximum Gasteiger partial charge on any atom is 0.306 e. The zero-order chi connectivity index (χ0) is 74.6. The Morgan fingerprint density at radius 3 is 0.777 bits per heavy atom. The van der Waals surface area contributed by atoms with Gasteiger partial charge in [0.1, 0.15) is 13.2 Å². The van der Waals surface area contributed by atoms with Crippen LogP contribution in [-0.2, 0) is 33.3 Å². The van der Waals surface area contributed by atoms with Crippen molar-refractivity contribution < 1.29 is 42.9 Å². The van der Waals surface area contributed by atoms with E-state index < -0.39 is 24.3 Å². The third-order valence-electron chi connectivity index (χ3n) is 16.1. The maximum absolute atomic E-state index is 13.0. The highest BCUT2D eigenvalue weighted by Crippen LogP contribution is 2.15. The number of allylic oxidation sites excluding steroid dienone is 40. The van der Waals surface area contributed by atoms with Crippen LogP contribution in [0.2, 0.25) is 0 Å². The van der Waals surface area contributed by atoms with Gasteiger partial charge in [0.25, 0.3) is 0 Å². The number of aliphatic carboxylic acids is 1. The lowest BCUT2D eigenvalue weighted by Crippen LogP contribution is -2.44. The molecule has 0 aliphatic heterocycles. The van der Waals surface area contributed by atoms with E-state index in [9.17, 15) is 19.5 Å². The first kappa shape index (κ1) is 96.1. The molecule has 0 rings (SSSR count). The second-order valence-corrected chi connectivity index (χ2v) is 26.9. The van der Waals surface area contributed by atoms with Crippen LogP contribution in [0, 0.1) is 0 Å². The molecule has 0 aromatic carbocycles. The van der Waals surface area contributed by atoms with Crippen molar-refractivity contribution in [1.29, 1.82) is 0 Å². The molecular formula is C94H145NO8. The average Bonchev–Trinajstić information content (AvgIpc) is 0.985. The summed E-state index contributed by atoms with van der Waals surface area (Å²) in [6, 6.07) is 0. The van der Waals surface area contributed by atoms with E-state index in [0.717, 1.165) is 193 Å². The SMILES string of the molecule is CC/C=C\C/C=C\C/C=C\C/C=C\C/C=C\C/C=C\C/C=C\C/C=C\C/C=C\C/C=C\C/C=C\CCCCCCCC(=O)OC(COC(=O)CCCCCCCCCCCCC/C=C\C/C=C\C/C=C\C/C=C\C/C=C\C/C=C\C/C=C\C/C=C\C/C=C\CC)COC(OCC[N+](C)(C)C)C(=O)[O-]. The Balaban J connectivity index is 4.20. The van der Waals surface area contributed by atoms with Crippen molar-refractivity contribution in [1.82, 2.24) is 0 Å². The van der Waals surface area contributed by atoms with Crippen LogP contribution in [0.3, 0.4) is 0 Å². The molecule has 0 fully saturated rings. The molecule has 0 saturated carbocycles. The smallest absolute Gasteiger partial charge is 0.306 e. The molecule has 9 heteroatoms. The van der Waals surface area contributed by atoms with Gasteiger partial charge >= 0.3 is 11.9 Å². The van der Waals surface area contributed by atoms with Gasteiger partial charge in [0.2, 0.25) is 0 Å². The number of likely N-dealkylation sites (N-methyl/N-ethyl adjacent to an activating group) is 1. The summed E-state index contributed by atoms with van der Waals surface area (Å²) in [6.45, 7) is 4.47. The first-order valence-electron chi connectivity index (χ1n) is 40.2. The van der Waals surface area contributed by atoms with E-state index in [2.05, 4.69) is 257 Å². The van der Waals surface area contributed by atoms with Crippen LogP contribution in [0.5, 0.6) is 0 Å². The number of esters is 2. The van der Waals surface area contributed by atoms with E-state index in [0.29, 0.717) is 17.4 Å². The van der Waals surface area contributed by atoms with E-state index in [1.807, 2.05) is 21.1 Å². The van der Waals surface area contributed by atoms with E-state index in [1.165, 1.54) is 44.9 Å². The third kappa shape index (κ3) is 82.3. The van der Waals surface area contributed by atoms with Gasteiger partial charge in [0, 0.05) is 12.8 Å². The van der Waals surface area contributed by atoms with Crippen molar-refractivity contribution in [2.75, 3.05) is 47.5 Å². The van der Waals surface area contributed by atoms with Gasteiger partial charge in [-0.2, -0.15) is 0 Å². The molecule has 0 heterocycles. The molecule has 0 saturated heterocycles. The Hall–Kier alpha value is -6.91. The molecule has 0 aliphatic rings. The highest BCUT2D eigenvalue weighted by molar-refractivity contribution is 5.70. The van der Waals surface area contributed by atoms with Gasteiger partial charge in [0.05, 0.1) is 40.3 Å². The number of nitrogens with zero attached hydrogens (tertiary/aromatic N) is 1. The molecule has 0 aromatic heterocycles. The Morgan fingerprint density at radius 2 is 0.524 bits per heavy atom. The zero-order valence-electron chi connectivity index (χ0n) is 65.6. The summed E-state index contributed by atoms with van der Waals surface area (Å²) in [6.07, 6.45) is 127. The molecule has 0 bridgehead atoms. The molecule has 9 nitrogen and oxygen atoms in total. The third-order valence-corrected chi connectivity index (χ3v) is 16.1. The summed E-state index contributed by atoms with van der Waals surface area (Å²) < 4.78 is 22.8. The molecule has 0 aromatic rings. The molecule has 0 N–H and O–H groups in total. The normalized spacial score (nSPS) is 14.0. The lowest BCUT2D eigenvalue weighted by molar-refractivity contribution is -0.870. The molecule has 0 radical (unpaired) electrons. The first-order chi connectivity index (χ1) is 50.6. The van der Waals surface area contributed by atoms with Gasteiger partial charge < -0.3 is 33.3 Å². The van der Waals surface area contributed by atoms with Crippen molar-refractivity contribution in [3.8, 4) is 0 Å². The van der Waals surface area contributed by atoms with Gasteiger partial charge in [-0.05, 0) is 167 Å². The van der Waals surface area contributed by atoms with Crippen molar-refractivity contribution in [2.45, 2.75) is 283 Å². The van der Waals surface area contributed by atoms with Crippen LogP contribution in [-0.4, -0.2) is 82.3 Å². The summed E-state index contributed by atoms with van der Waals surface area (Å²) >= 11 is 0. The van der Waals surface area contributed by atoms with Crippen molar-refractivity contribution in [3.63, 3.8) is 0 Å². The number of hydrogen-bond acceptors (Lipinski definition) is 8. The first-order valence-corrected chi connectivity index (χ1v) is 40.2. The number of carboxylic acid groups (broad SMARTS) is 1. The van der Waals surface area contributed by atoms with E-state index in [1.54, 1.807) is 0 Å². The number of rotatable bonds is 71. The Bertz CT molecular complexity index is 2610. The topological polar surface area (TPSA) is 111 Å². The highest BCUT2D eigenvalue weighted by atomic mass is 16.7. The number of unbranched alkanes of at least 4 members (excludes halogenated alkanes) is 16. The van der Waals surface area contributed by atoms with Crippen LogP contribution >= 0.6 is 0 Å². The number of carboxylic acids is 1. The molecule has 0 amide bonds. The Kier molecular flexibility index (Phi) is 75.4. The predicted octanol–water partition coefficient (Wildman–Crippen LogP) is 25.0. The zero-order valence-corrected chi connectivity index (χ0v) is 65.6. The molecule has 0 spiro atoms. The number of carbonyl (C=O) groups excluding carboxylic acids is 3. The maximum atomic E-state index is 13.0. The predicted molar refractivity (Wildman–Crippen MR) is 443 cm³/mol. The van der Waals surface area contributed by atoms with Gasteiger partial charge in [-0.25, -0.2) is 0 Å². The molecule has 574 valence electrons. The largest absolute Gasteiger partial charge is 0.545 e. The molecule has 0 aliphatic carbocycles. The minimum Gasteiger partial charge on any atom is -0.545 e. The fraction of sp³-hybridized carbons (Fsp3) is 0.543. The summed E-state index contributed by atoms with van der Waals surface area (Å²) in [5.74, 6) is -2.34. The molecule has 2 atom stereocenters. The van der Waals surface area contributed by atoms with Crippen LogP contribution in [0.1, 0.15) is 271 Å². The monoisotopic (exact) mass is 1420 g/mol. The minimum atomic E-state index is -1.65. The fourth-order valence-electron chi connectivity index (χ4n) is 10.1. The Labute approximate surface area is 631 Å². The average molecular weight is 1420 g/mol. The second kappa shape index (κ2) is 80.8. The van der Waals surface area contributed by atoms with Crippen molar-refractivity contribution in [2.24, 2.45) is 0 Å². The molecular weight excluding hydrogens is 1270 g/mol. The minimum absolute atomic E-state index is 0.130. The lowest BCUT2D eigenvalue weighted by Gasteiger charge is -2.26. The quantitative estimate of drug-likeness (QED) is 0.0195. The highest BCUT2D eigenvalue weighted by Gasteiger charge is 2.22. The number of ether oxygens (including phenoxy) is 4. The summed E-state index contributed by atoms with van der Waals surface area (Å²) in [7, 11) is 5.91. The van der Waals surface area contributed by atoms with Crippen molar-refractivity contribution in [3.05, 3.63) is 243 Å². The number of hydrogen-bond donors (Lipinski definition) is 0. The van der Waals surface area contributed by atoms with Gasteiger partial charge in [-0.15, -0.1) is 0 Å². The van der Waals surface area contributed by atoms with Gasteiger partial charge in [-0.3, -0.25) is 9.59 Å². The summed E-state index contributed by atoms with van der Waals surface area (Å²) in [5.41, 5.74) is 0. The summed E-state index contributed by atoms with van der Waals surface area (Å²) in [5, 5.41) is 11.9. The Morgan fingerprint density at radius 1 is 0.291 bits per heavy atom. The van der Waals surface area contributed by atoms with Crippen LogP contribution in [0.15, 0.2) is 243 Å². The standard InChI is InChI=1S/C94H145NO8/c1-6-8-10-12-14-16-18-20-22-24-26-28-30-32-34-36-38-40-42-44-46-48-50-52-54-56-58-60-62-64-66-68-70-72-74-76-78-80-82-84-91(96)101-88-90(89-102-94(93(98)99)100-87-86-95(3,4)5)103-92(97)85-83-81-79-77-75-73-71-69-67-65-63-61-59-57-55-53-51-49-47-45-43-41-39-37-35-33-31-29-27-25-23-21-19-17-15-13-11-9-7-2/h8-11,14-17,20-23,26-29,32-35,38-41,44-47,50-53,56-59,63,65,69,71,90,94H,6-7,12-13,18-19,24-25,30-31,36-37,42-43,48-49,54-55,60-62,64,66-68,70,72-89H2,1-5H3/b10-8-,11-9-,16-14-,17-15-,22-20-,23-21-,28-26-,29-27-,34-32-,35-33-,40-38-,41-39-,46-44-,47-45-,52-50-,53-51-,58-56-,59-57-,65-63-,71-69-. The molecule has 103 heavy (non-hydrogen) atoms. The van der Waals surface area contributed by atoms with Gasteiger partial charge in [0.15, 0.2) is 12.4 Å². The van der Waals surface area contributed by atoms with Crippen molar-refractivity contribution >= 4 is 17.9 Å². The fourth-order valence-corrected chi connectivity index (χ4v) is 10.1. The second-order valence-electron chi connectivity index (χ2n) is 26.9. The van der Waals surface area contributed by atoms with Crippen LogP contribution in [0.4, 0.5) is 0 Å². The van der Waals surface area contributed by atoms with Crippen LogP contribution in [0.25, 0.3) is 0 Å². The summed E-state index contributed by atoms with van der Waals surface area (Å²) in [4.78, 5) is 37.6. The van der Waals surface area contributed by atoms with Crippen LogP contribution < -0.4 is 5.11 Å². The number of carbonyl (C=O) groups is 3. The number of quaternary nitrogens is 1. The lowest BCUT2D eigenvalue weighted by atomic mass is 10.0. The molecule has 2 unspecified atom stereocenters. The van der Waals surface area contributed by atoms with E-state index in [-0.39, 0.29) is 38.6 Å².